The monoisotopic (exact) mass is 522 g/mol. The molecule has 36 heavy (non-hydrogen) atoms. The molecule has 0 radical (unpaired) electrons. The maximum atomic E-state index is 13.7. The number of hydrogen-bond donors (Lipinski definition) is 0. The maximum Gasteiger partial charge on any atom is 0.348 e. The molecule has 1 fully saturated rings. The number of benzene rings is 1. The molecule has 0 saturated carbocycles. The number of carbonyl (C=O) groups is 1. The largest absolute Gasteiger partial charge is 0.618 e. The molecule has 1 aliphatic rings. The average Bonchev–Trinajstić information content (AvgIpc) is 3.51. The summed E-state index contributed by atoms with van der Waals surface area (Å²) >= 11 is 0. The summed E-state index contributed by atoms with van der Waals surface area (Å²) in [7, 11) is -2.69. The van der Waals surface area contributed by atoms with Gasteiger partial charge < -0.3 is 14.5 Å². The standard InChI is InChI=1S/C23H24F2N4O6S/c1-27-15-12-26-22(27)36(32,33)29-14-7-11-19(29)20(30)34-23(35-21(24)25,17-8-3-2-4-9-17)16-18-10-5-6-13-28(18)31/h2-6,8-10,12-13,15,19,21H,7,11,14,16H2,1H3/t19-,23?/m0/s1. The number of esters is 1. The molecule has 0 bridgehead atoms. The fraction of sp³-hybridized carbons (Fsp3) is 0.348. The van der Waals surface area contributed by atoms with Gasteiger partial charge >= 0.3 is 12.6 Å². The van der Waals surface area contributed by atoms with Gasteiger partial charge in [-0.15, -0.1) is 0 Å². The Morgan fingerprint density at radius 2 is 1.97 bits per heavy atom. The second-order valence-corrected chi connectivity index (χ2v) is 9.99. The third kappa shape index (κ3) is 5.08. The van der Waals surface area contributed by atoms with Gasteiger partial charge in [-0.05, 0) is 12.8 Å². The number of imidazole rings is 1. The predicted octanol–water partition coefficient (Wildman–Crippen LogP) is 2.08. The van der Waals surface area contributed by atoms with Crippen molar-refractivity contribution in [1.82, 2.24) is 13.9 Å². The Morgan fingerprint density at radius 3 is 2.61 bits per heavy atom. The summed E-state index contributed by atoms with van der Waals surface area (Å²) < 4.78 is 67.1. The Morgan fingerprint density at radius 1 is 1.25 bits per heavy atom. The molecule has 0 amide bonds. The summed E-state index contributed by atoms with van der Waals surface area (Å²) in [5.41, 5.74) is 0.0534. The lowest BCUT2D eigenvalue weighted by molar-refractivity contribution is -0.616. The van der Waals surface area contributed by atoms with Gasteiger partial charge in [-0.25, -0.2) is 13.4 Å². The Labute approximate surface area is 206 Å². The first-order valence-corrected chi connectivity index (χ1v) is 12.5. The second kappa shape index (κ2) is 10.3. The normalized spacial score (nSPS) is 18.3. The fourth-order valence-corrected chi connectivity index (χ4v) is 5.93. The van der Waals surface area contributed by atoms with Crippen LogP contribution in [0.4, 0.5) is 8.78 Å². The number of halogens is 2. The molecule has 3 aromatic rings. The van der Waals surface area contributed by atoms with E-state index in [4.69, 9.17) is 9.47 Å². The Kier molecular flexibility index (Phi) is 7.33. The van der Waals surface area contributed by atoms with Crippen LogP contribution >= 0.6 is 0 Å². The second-order valence-electron chi connectivity index (χ2n) is 8.21. The first-order chi connectivity index (χ1) is 17.1. The van der Waals surface area contributed by atoms with Gasteiger partial charge in [0.15, 0.2) is 11.9 Å². The lowest BCUT2D eigenvalue weighted by atomic mass is 9.99. The molecule has 0 spiro atoms. The van der Waals surface area contributed by atoms with Crippen molar-refractivity contribution < 1.29 is 36.2 Å². The average molecular weight is 523 g/mol. The van der Waals surface area contributed by atoms with E-state index in [9.17, 15) is 27.2 Å². The molecule has 0 N–H and O–H groups in total. The van der Waals surface area contributed by atoms with Gasteiger partial charge in [0.1, 0.15) is 12.5 Å². The van der Waals surface area contributed by atoms with E-state index in [2.05, 4.69) is 4.98 Å². The zero-order valence-electron chi connectivity index (χ0n) is 19.2. The van der Waals surface area contributed by atoms with Crippen LogP contribution in [-0.4, -0.2) is 47.4 Å². The van der Waals surface area contributed by atoms with Crippen molar-refractivity contribution in [2.24, 2.45) is 7.05 Å². The highest BCUT2D eigenvalue weighted by Gasteiger charge is 2.48. The predicted molar refractivity (Wildman–Crippen MR) is 121 cm³/mol. The molecule has 13 heteroatoms. The van der Waals surface area contributed by atoms with E-state index < -0.39 is 40.9 Å². The molecule has 1 unspecified atom stereocenters. The minimum atomic E-state index is -4.19. The summed E-state index contributed by atoms with van der Waals surface area (Å²) in [6.07, 6.45) is 3.84. The van der Waals surface area contributed by atoms with Crippen LogP contribution in [0, 0.1) is 5.21 Å². The number of hydrogen-bond acceptors (Lipinski definition) is 7. The highest BCUT2D eigenvalue weighted by atomic mass is 32.2. The van der Waals surface area contributed by atoms with Gasteiger partial charge in [0.25, 0.3) is 15.8 Å². The van der Waals surface area contributed by atoms with Crippen LogP contribution < -0.4 is 4.73 Å². The van der Waals surface area contributed by atoms with Crippen molar-refractivity contribution in [1.29, 1.82) is 0 Å². The van der Waals surface area contributed by atoms with E-state index in [0.29, 0.717) is 11.2 Å². The minimum Gasteiger partial charge on any atom is -0.618 e. The molecular formula is C23H24F2N4O6S. The van der Waals surface area contributed by atoms with Gasteiger partial charge in [-0.3, -0.25) is 9.53 Å². The van der Waals surface area contributed by atoms with E-state index in [-0.39, 0.29) is 29.4 Å². The highest BCUT2D eigenvalue weighted by Crippen LogP contribution is 2.35. The van der Waals surface area contributed by atoms with E-state index in [1.807, 2.05) is 0 Å². The lowest BCUT2D eigenvalue weighted by Gasteiger charge is -2.34. The number of carbonyl (C=O) groups excluding carboxylic acids is 1. The topological polar surface area (TPSA) is 118 Å². The van der Waals surface area contributed by atoms with Crippen molar-refractivity contribution in [3.05, 3.63) is 83.6 Å². The zero-order valence-corrected chi connectivity index (χ0v) is 20.1. The van der Waals surface area contributed by atoms with Gasteiger partial charge in [0.05, 0.1) is 0 Å². The number of aryl methyl sites for hydroxylation is 1. The molecule has 0 aliphatic carbocycles. The summed E-state index contributed by atoms with van der Waals surface area (Å²) in [6, 6.07) is 10.6. The summed E-state index contributed by atoms with van der Waals surface area (Å²) in [6.45, 7) is -3.36. The van der Waals surface area contributed by atoms with Crippen molar-refractivity contribution in [2.75, 3.05) is 6.54 Å². The number of rotatable bonds is 9. The van der Waals surface area contributed by atoms with Crippen molar-refractivity contribution in [2.45, 2.75) is 42.9 Å². The fourth-order valence-electron chi connectivity index (χ4n) is 4.21. The van der Waals surface area contributed by atoms with Crippen molar-refractivity contribution in [3.63, 3.8) is 0 Å². The molecule has 10 nitrogen and oxygen atoms in total. The number of alkyl halides is 2. The first kappa shape index (κ1) is 25.7. The summed E-state index contributed by atoms with van der Waals surface area (Å²) in [5.74, 6) is -3.48. The Bertz CT molecular complexity index is 1320. The smallest absolute Gasteiger partial charge is 0.348 e. The molecule has 2 atom stereocenters. The van der Waals surface area contributed by atoms with E-state index in [1.54, 1.807) is 6.07 Å². The molecule has 3 heterocycles. The number of pyridine rings is 1. The molecule has 1 aliphatic heterocycles. The van der Waals surface area contributed by atoms with Crippen LogP contribution in [-0.2, 0) is 43.5 Å². The van der Waals surface area contributed by atoms with Crippen LogP contribution in [0.25, 0.3) is 0 Å². The highest BCUT2D eigenvalue weighted by molar-refractivity contribution is 7.89. The van der Waals surface area contributed by atoms with Crippen molar-refractivity contribution in [3.8, 4) is 0 Å². The third-order valence-electron chi connectivity index (χ3n) is 5.87. The molecule has 2 aromatic heterocycles. The van der Waals surface area contributed by atoms with Gasteiger partial charge in [0, 0.05) is 43.7 Å². The molecule has 1 saturated heterocycles. The van der Waals surface area contributed by atoms with Crippen LogP contribution in [0.2, 0.25) is 0 Å². The van der Waals surface area contributed by atoms with Crippen molar-refractivity contribution >= 4 is 16.0 Å². The molecule has 1 aromatic carbocycles. The molecular weight excluding hydrogens is 498 g/mol. The molecule has 192 valence electrons. The van der Waals surface area contributed by atoms with Crippen LogP contribution in [0.5, 0.6) is 0 Å². The lowest BCUT2D eigenvalue weighted by Crippen LogP contribution is -2.48. The number of aromatic nitrogens is 3. The molecule has 4 rings (SSSR count). The van der Waals surface area contributed by atoms with Gasteiger partial charge in [-0.1, -0.05) is 36.4 Å². The zero-order chi connectivity index (χ0) is 25.9. The van der Waals surface area contributed by atoms with Gasteiger partial charge in [0.2, 0.25) is 5.16 Å². The van der Waals surface area contributed by atoms with Crippen LogP contribution in [0.3, 0.4) is 0 Å². The minimum absolute atomic E-state index is 0.00119. The Balaban J connectivity index is 1.73. The van der Waals surface area contributed by atoms with Crippen LogP contribution in [0.1, 0.15) is 24.1 Å². The number of ether oxygens (including phenoxy) is 2. The van der Waals surface area contributed by atoms with E-state index in [0.717, 1.165) is 4.31 Å². The number of nitrogens with zero attached hydrogens (tertiary/aromatic N) is 4. The van der Waals surface area contributed by atoms with E-state index in [1.165, 1.54) is 72.7 Å². The van der Waals surface area contributed by atoms with Crippen LogP contribution in [0.15, 0.2) is 72.3 Å². The van der Waals surface area contributed by atoms with E-state index >= 15 is 0 Å². The summed E-state index contributed by atoms with van der Waals surface area (Å²) in [4.78, 5) is 17.3. The third-order valence-corrected chi connectivity index (χ3v) is 7.78. The maximum absolute atomic E-state index is 13.7. The SMILES string of the molecule is Cn1ccnc1S(=O)(=O)N1CCC[C@H]1C(=O)OC(Cc1cccc[n+]1[O-])(OC(F)F)c1ccccc1. The Hall–Kier alpha value is -3.42. The quantitative estimate of drug-likeness (QED) is 0.183. The summed E-state index contributed by atoms with van der Waals surface area (Å²) in [5, 5.41) is 12.1. The number of sulfonamides is 1. The van der Waals surface area contributed by atoms with Gasteiger partial charge in [-0.2, -0.15) is 17.8 Å². The first-order valence-electron chi connectivity index (χ1n) is 11.0.